The van der Waals surface area contributed by atoms with Crippen LogP contribution in [0.2, 0.25) is 0 Å². The molecule has 6 nitrogen and oxygen atoms in total. The third-order valence-electron chi connectivity index (χ3n) is 3.28. The molecule has 2 unspecified atom stereocenters. The van der Waals surface area contributed by atoms with Gasteiger partial charge >= 0.3 is 0 Å². The minimum atomic E-state index is -0.410. The molecule has 1 aromatic heterocycles. The molecule has 0 bridgehead atoms. The number of aromatic nitrogens is 1. The summed E-state index contributed by atoms with van der Waals surface area (Å²) in [6.45, 7) is 5.53. The third-order valence-corrected chi connectivity index (χ3v) is 3.28. The number of ether oxygens (including phenoxy) is 1. The van der Waals surface area contributed by atoms with E-state index in [1.54, 1.807) is 6.92 Å². The van der Waals surface area contributed by atoms with Gasteiger partial charge in [-0.1, -0.05) is 6.92 Å². The monoisotopic (exact) mass is 251 g/mol. The lowest BCUT2D eigenvalue weighted by Gasteiger charge is -2.29. The van der Waals surface area contributed by atoms with E-state index in [-0.39, 0.29) is 11.8 Å². The lowest BCUT2D eigenvalue weighted by molar-refractivity contribution is -0.385. The molecule has 2 rings (SSSR count). The molecule has 0 spiro atoms. The molecule has 0 saturated carbocycles. The van der Waals surface area contributed by atoms with Crippen molar-refractivity contribution in [1.82, 2.24) is 10.3 Å². The van der Waals surface area contributed by atoms with E-state index in [1.165, 1.54) is 12.3 Å². The summed E-state index contributed by atoms with van der Waals surface area (Å²) in [4.78, 5) is 14.5. The number of aryl methyl sites for hydroxylation is 1. The molecule has 1 N–H and O–H groups in total. The maximum absolute atomic E-state index is 10.8. The fourth-order valence-electron chi connectivity index (χ4n) is 2.03. The van der Waals surface area contributed by atoms with Crippen molar-refractivity contribution in [3.63, 3.8) is 0 Å². The fraction of sp³-hybridized carbons (Fsp3) is 0.583. The van der Waals surface area contributed by atoms with Gasteiger partial charge in [-0.2, -0.15) is 0 Å². The second kappa shape index (κ2) is 5.30. The number of rotatable bonds is 3. The molecular formula is C12H17N3O3. The first-order valence-electron chi connectivity index (χ1n) is 6.06. The summed E-state index contributed by atoms with van der Waals surface area (Å²) in [5.74, 6) is 0.751. The van der Waals surface area contributed by atoms with Gasteiger partial charge in [0.15, 0.2) is 0 Å². The van der Waals surface area contributed by atoms with Gasteiger partial charge < -0.3 is 10.1 Å². The van der Waals surface area contributed by atoms with Crippen LogP contribution in [0, 0.1) is 23.0 Å². The first-order valence-corrected chi connectivity index (χ1v) is 6.06. The van der Waals surface area contributed by atoms with Crippen molar-refractivity contribution in [2.24, 2.45) is 5.92 Å². The topological polar surface area (TPSA) is 77.3 Å². The molecule has 98 valence electrons. The van der Waals surface area contributed by atoms with Crippen molar-refractivity contribution in [2.45, 2.75) is 26.4 Å². The predicted molar refractivity (Wildman–Crippen MR) is 66.7 cm³/mol. The zero-order valence-corrected chi connectivity index (χ0v) is 10.5. The molecule has 0 amide bonds. The first kappa shape index (κ1) is 12.8. The summed E-state index contributed by atoms with van der Waals surface area (Å²) >= 11 is 0. The van der Waals surface area contributed by atoms with E-state index in [4.69, 9.17) is 4.74 Å². The highest BCUT2D eigenvalue weighted by Gasteiger charge is 2.24. The highest BCUT2D eigenvalue weighted by molar-refractivity contribution is 5.40. The molecule has 0 aliphatic carbocycles. The zero-order valence-electron chi connectivity index (χ0n) is 10.5. The molecule has 1 saturated heterocycles. The quantitative estimate of drug-likeness (QED) is 0.653. The van der Waals surface area contributed by atoms with Crippen LogP contribution < -0.4 is 10.1 Å². The van der Waals surface area contributed by atoms with E-state index in [2.05, 4.69) is 17.2 Å². The van der Waals surface area contributed by atoms with Crippen LogP contribution in [0.3, 0.4) is 0 Å². The van der Waals surface area contributed by atoms with Crippen molar-refractivity contribution in [3.8, 4) is 5.88 Å². The first-order chi connectivity index (χ1) is 8.58. The molecule has 1 fully saturated rings. The Bertz CT molecular complexity index is 450. The van der Waals surface area contributed by atoms with E-state index in [1.807, 2.05) is 0 Å². The number of hydrogen-bond acceptors (Lipinski definition) is 5. The number of piperidine rings is 1. The molecule has 6 heteroatoms. The van der Waals surface area contributed by atoms with Crippen LogP contribution in [0.1, 0.15) is 18.9 Å². The molecular weight excluding hydrogens is 234 g/mol. The van der Waals surface area contributed by atoms with Gasteiger partial charge in [0, 0.05) is 18.3 Å². The zero-order chi connectivity index (χ0) is 13.1. The lowest BCUT2D eigenvalue weighted by Crippen LogP contribution is -2.42. The maximum atomic E-state index is 10.8. The summed E-state index contributed by atoms with van der Waals surface area (Å²) in [6.07, 6.45) is 2.54. The second-order valence-corrected chi connectivity index (χ2v) is 4.69. The van der Waals surface area contributed by atoms with E-state index in [9.17, 15) is 10.1 Å². The van der Waals surface area contributed by atoms with Gasteiger partial charge in [-0.05, 0) is 25.8 Å². The average Bonchev–Trinajstić information content (AvgIpc) is 2.34. The molecule has 1 aromatic rings. The summed E-state index contributed by atoms with van der Waals surface area (Å²) in [5, 5.41) is 14.1. The van der Waals surface area contributed by atoms with Gasteiger partial charge in [-0.15, -0.1) is 0 Å². The Labute approximate surface area is 106 Å². The molecule has 1 aliphatic rings. The van der Waals surface area contributed by atoms with Gasteiger partial charge in [0.05, 0.1) is 11.0 Å². The van der Waals surface area contributed by atoms with Gasteiger partial charge in [0.25, 0.3) is 5.69 Å². The van der Waals surface area contributed by atoms with E-state index >= 15 is 0 Å². The Morgan fingerprint density at radius 2 is 2.39 bits per heavy atom. The summed E-state index contributed by atoms with van der Waals surface area (Å²) in [5.41, 5.74) is 0.596. The molecule has 0 aromatic carbocycles. The Balaban J connectivity index is 2.14. The number of hydrogen-bond donors (Lipinski definition) is 1. The summed E-state index contributed by atoms with van der Waals surface area (Å²) < 4.78 is 5.74. The van der Waals surface area contributed by atoms with Crippen LogP contribution in [0.5, 0.6) is 5.88 Å². The smallest absolute Gasteiger partial charge is 0.279 e. The Kier molecular flexibility index (Phi) is 3.76. The number of nitrogens with zero attached hydrogens (tertiary/aromatic N) is 2. The minimum Gasteiger partial charge on any atom is -0.473 e. The van der Waals surface area contributed by atoms with Gasteiger partial charge in [0.1, 0.15) is 6.10 Å². The number of pyridine rings is 1. The Hall–Kier alpha value is -1.69. The van der Waals surface area contributed by atoms with Crippen molar-refractivity contribution >= 4 is 5.69 Å². The highest BCUT2D eigenvalue weighted by Crippen LogP contribution is 2.24. The molecule has 2 atom stereocenters. The molecule has 1 aliphatic heterocycles. The van der Waals surface area contributed by atoms with Gasteiger partial charge in [-0.25, -0.2) is 4.98 Å². The Morgan fingerprint density at radius 3 is 3.06 bits per heavy atom. The standard InChI is InChI=1S/C12H17N3O3/c1-8-3-4-13-7-11(8)18-12-5-10(15(16)17)9(2)6-14-12/h5-6,8,11,13H,3-4,7H2,1-2H3. The summed E-state index contributed by atoms with van der Waals surface area (Å²) in [6, 6.07) is 1.40. The van der Waals surface area contributed by atoms with Crippen LogP contribution in [0.15, 0.2) is 12.3 Å². The van der Waals surface area contributed by atoms with Crippen molar-refractivity contribution in [1.29, 1.82) is 0 Å². The SMILES string of the molecule is Cc1cnc(OC2CNCCC2C)cc1[N+](=O)[O-]. The average molecular weight is 251 g/mol. The van der Waals surface area contributed by atoms with E-state index in [0.29, 0.717) is 17.4 Å². The third kappa shape index (κ3) is 2.76. The molecule has 2 heterocycles. The van der Waals surface area contributed by atoms with E-state index in [0.717, 1.165) is 19.5 Å². The fourth-order valence-corrected chi connectivity index (χ4v) is 2.03. The molecule has 0 radical (unpaired) electrons. The van der Waals surface area contributed by atoms with Gasteiger partial charge in [-0.3, -0.25) is 10.1 Å². The van der Waals surface area contributed by atoms with Crippen LogP contribution >= 0.6 is 0 Å². The normalized spacial score (nSPS) is 23.7. The summed E-state index contributed by atoms with van der Waals surface area (Å²) in [7, 11) is 0. The van der Waals surface area contributed by atoms with Crippen molar-refractivity contribution in [2.75, 3.05) is 13.1 Å². The van der Waals surface area contributed by atoms with Crippen molar-refractivity contribution in [3.05, 3.63) is 27.9 Å². The van der Waals surface area contributed by atoms with Gasteiger partial charge in [0.2, 0.25) is 5.88 Å². The largest absolute Gasteiger partial charge is 0.473 e. The number of nitro groups is 1. The van der Waals surface area contributed by atoms with E-state index < -0.39 is 4.92 Å². The maximum Gasteiger partial charge on any atom is 0.279 e. The van der Waals surface area contributed by atoms with Crippen molar-refractivity contribution < 1.29 is 9.66 Å². The Morgan fingerprint density at radius 1 is 1.61 bits per heavy atom. The number of nitrogens with one attached hydrogen (secondary N) is 1. The molecule has 18 heavy (non-hydrogen) atoms. The predicted octanol–water partition coefficient (Wildman–Crippen LogP) is 1.68. The lowest BCUT2D eigenvalue weighted by atomic mass is 9.97. The second-order valence-electron chi connectivity index (χ2n) is 4.69. The van der Waals surface area contributed by atoms with Crippen LogP contribution in [0.4, 0.5) is 5.69 Å². The van der Waals surface area contributed by atoms with Crippen LogP contribution in [-0.2, 0) is 0 Å². The van der Waals surface area contributed by atoms with Crippen LogP contribution in [-0.4, -0.2) is 29.1 Å². The van der Waals surface area contributed by atoms with Crippen LogP contribution in [0.25, 0.3) is 0 Å². The minimum absolute atomic E-state index is 0.0218. The highest BCUT2D eigenvalue weighted by atomic mass is 16.6.